The fourth-order valence-corrected chi connectivity index (χ4v) is 1.34. The Kier molecular flexibility index (Phi) is 3.15. The van der Waals surface area contributed by atoms with E-state index >= 15 is 0 Å². The predicted octanol–water partition coefficient (Wildman–Crippen LogP) is 3.54. The van der Waals surface area contributed by atoms with E-state index in [1.807, 2.05) is 6.07 Å². The zero-order valence-corrected chi connectivity index (χ0v) is 8.49. The molecule has 0 atom stereocenters. The molecular formula is C13H10F2O. The molecule has 0 aliphatic carbocycles. The van der Waals surface area contributed by atoms with Crippen molar-refractivity contribution in [1.82, 2.24) is 0 Å². The molecule has 2 aromatic rings. The Hall–Kier alpha value is -1.90. The Morgan fingerprint density at radius 2 is 1.44 bits per heavy atom. The van der Waals surface area contributed by atoms with Crippen LogP contribution < -0.4 is 4.74 Å². The lowest BCUT2D eigenvalue weighted by Crippen LogP contribution is -2.01. The van der Waals surface area contributed by atoms with Crippen LogP contribution in [0, 0.1) is 11.6 Å². The van der Waals surface area contributed by atoms with Crippen LogP contribution in [-0.2, 0) is 6.61 Å². The molecule has 0 amide bonds. The maximum atomic E-state index is 13.2. The molecule has 0 spiro atoms. The summed E-state index contributed by atoms with van der Waals surface area (Å²) < 4.78 is 31.7. The first-order valence-electron chi connectivity index (χ1n) is 4.88. The maximum absolute atomic E-state index is 13.2. The van der Waals surface area contributed by atoms with Crippen LogP contribution in [0.1, 0.15) is 5.56 Å². The van der Waals surface area contributed by atoms with E-state index in [0.29, 0.717) is 5.75 Å². The van der Waals surface area contributed by atoms with Crippen LogP contribution in [0.25, 0.3) is 0 Å². The molecule has 2 rings (SSSR count). The van der Waals surface area contributed by atoms with Crippen molar-refractivity contribution in [3.8, 4) is 5.75 Å². The minimum atomic E-state index is -0.587. The lowest BCUT2D eigenvalue weighted by Gasteiger charge is -2.07. The van der Waals surface area contributed by atoms with Gasteiger partial charge in [-0.15, -0.1) is 0 Å². The molecular weight excluding hydrogens is 210 g/mol. The average Bonchev–Trinajstić information content (AvgIpc) is 2.30. The molecule has 82 valence electrons. The van der Waals surface area contributed by atoms with Gasteiger partial charge in [0.1, 0.15) is 24.0 Å². The highest BCUT2D eigenvalue weighted by atomic mass is 19.1. The molecule has 2 aromatic carbocycles. The fourth-order valence-electron chi connectivity index (χ4n) is 1.34. The summed E-state index contributed by atoms with van der Waals surface area (Å²) in [5.74, 6) is -0.586. The second-order valence-corrected chi connectivity index (χ2v) is 3.30. The van der Waals surface area contributed by atoms with Crippen LogP contribution >= 0.6 is 0 Å². The molecule has 0 aliphatic rings. The van der Waals surface area contributed by atoms with E-state index in [0.717, 1.165) is 0 Å². The van der Waals surface area contributed by atoms with Gasteiger partial charge in [-0.05, 0) is 24.3 Å². The number of hydrogen-bond acceptors (Lipinski definition) is 1. The number of rotatable bonds is 3. The van der Waals surface area contributed by atoms with Crippen molar-refractivity contribution in [2.24, 2.45) is 0 Å². The van der Waals surface area contributed by atoms with E-state index in [-0.39, 0.29) is 12.2 Å². The molecule has 3 heteroatoms. The summed E-state index contributed by atoms with van der Waals surface area (Å²) in [5, 5.41) is 0. The summed E-state index contributed by atoms with van der Waals surface area (Å²) in [5.41, 5.74) is -0.0497. The molecule has 0 aromatic heterocycles. The molecule has 0 fully saturated rings. The molecule has 0 saturated carbocycles. The summed E-state index contributed by atoms with van der Waals surface area (Å²) >= 11 is 0. The first-order chi connectivity index (χ1) is 7.77. The van der Waals surface area contributed by atoms with E-state index in [1.165, 1.54) is 18.2 Å². The summed E-state index contributed by atoms with van der Waals surface area (Å²) in [6.45, 7) is -0.109. The minimum Gasteiger partial charge on any atom is -0.489 e. The quantitative estimate of drug-likeness (QED) is 0.768. The third kappa shape index (κ3) is 2.37. The molecule has 0 radical (unpaired) electrons. The van der Waals surface area contributed by atoms with Crippen molar-refractivity contribution in [2.45, 2.75) is 6.61 Å². The smallest absolute Gasteiger partial charge is 0.132 e. The Balaban J connectivity index is 2.11. The minimum absolute atomic E-state index is 0.0497. The number of halogens is 2. The van der Waals surface area contributed by atoms with Gasteiger partial charge in [-0.25, -0.2) is 8.78 Å². The van der Waals surface area contributed by atoms with Crippen molar-refractivity contribution in [2.75, 3.05) is 0 Å². The van der Waals surface area contributed by atoms with Crippen molar-refractivity contribution in [3.05, 3.63) is 65.7 Å². The summed E-state index contributed by atoms with van der Waals surface area (Å²) in [4.78, 5) is 0. The first kappa shape index (κ1) is 10.6. The summed E-state index contributed by atoms with van der Waals surface area (Å²) in [6.07, 6.45) is 0. The van der Waals surface area contributed by atoms with Crippen LogP contribution in [0.15, 0.2) is 48.5 Å². The van der Waals surface area contributed by atoms with Gasteiger partial charge in [0.05, 0.1) is 5.56 Å². The van der Waals surface area contributed by atoms with Crippen LogP contribution in [-0.4, -0.2) is 0 Å². The molecule has 0 saturated heterocycles. The number of benzene rings is 2. The van der Waals surface area contributed by atoms with Gasteiger partial charge in [0.2, 0.25) is 0 Å². The summed E-state index contributed by atoms with van der Waals surface area (Å²) in [7, 11) is 0. The second kappa shape index (κ2) is 4.75. The predicted molar refractivity (Wildman–Crippen MR) is 57.1 cm³/mol. The van der Waals surface area contributed by atoms with Crippen LogP contribution in [0.4, 0.5) is 8.78 Å². The first-order valence-corrected chi connectivity index (χ1v) is 4.88. The van der Waals surface area contributed by atoms with Gasteiger partial charge in [0, 0.05) is 0 Å². The van der Waals surface area contributed by atoms with Gasteiger partial charge in [-0.3, -0.25) is 0 Å². The molecule has 0 heterocycles. The number of hydrogen-bond donors (Lipinski definition) is 0. The third-order valence-electron chi connectivity index (χ3n) is 2.19. The molecule has 1 nitrogen and oxygen atoms in total. The lowest BCUT2D eigenvalue weighted by atomic mass is 10.2. The Morgan fingerprint density at radius 3 is 2.06 bits per heavy atom. The zero-order valence-electron chi connectivity index (χ0n) is 8.49. The van der Waals surface area contributed by atoms with Crippen LogP contribution in [0.5, 0.6) is 5.75 Å². The van der Waals surface area contributed by atoms with Crippen molar-refractivity contribution < 1.29 is 13.5 Å². The van der Waals surface area contributed by atoms with Gasteiger partial charge in [-0.2, -0.15) is 0 Å². The SMILES string of the molecule is Fc1cccc(F)c1COc1ccccc1. The van der Waals surface area contributed by atoms with E-state index in [2.05, 4.69) is 0 Å². The van der Waals surface area contributed by atoms with Crippen molar-refractivity contribution >= 4 is 0 Å². The van der Waals surface area contributed by atoms with Crippen molar-refractivity contribution in [1.29, 1.82) is 0 Å². The zero-order chi connectivity index (χ0) is 11.4. The lowest BCUT2D eigenvalue weighted by molar-refractivity contribution is 0.292. The number of para-hydroxylation sites is 1. The Labute approximate surface area is 92.3 Å². The molecule has 0 unspecified atom stereocenters. The van der Waals surface area contributed by atoms with Crippen LogP contribution in [0.3, 0.4) is 0 Å². The molecule has 0 aliphatic heterocycles. The van der Waals surface area contributed by atoms with E-state index in [4.69, 9.17) is 4.74 Å². The van der Waals surface area contributed by atoms with Crippen molar-refractivity contribution in [3.63, 3.8) is 0 Å². The largest absolute Gasteiger partial charge is 0.489 e. The second-order valence-electron chi connectivity index (χ2n) is 3.30. The monoisotopic (exact) mass is 220 g/mol. The van der Waals surface area contributed by atoms with Gasteiger partial charge in [-0.1, -0.05) is 24.3 Å². The third-order valence-corrected chi connectivity index (χ3v) is 2.19. The Morgan fingerprint density at radius 1 is 0.812 bits per heavy atom. The Bertz CT molecular complexity index is 448. The average molecular weight is 220 g/mol. The van der Waals surface area contributed by atoms with Gasteiger partial charge < -0.3 is 4.74 Å². The number of ether oxygens (including phenoxy) is 1. The van der Waals surface area contributed by atoms with Gasteiger partial charge >= 0.3 is 0 Å². The van der Waals surface area contributed by atoms with E-state index < -0.39 is 11.6 Å². The van der Waals surface area contributed by atoms with Gasteiger partial charge in [0.25, 0.3) is 0 Å². The fraction of sp³-hybridized carbons (Fsp3) is 0.0769. The molecule has 0 N–H and O–H groups in total. The van der Waals surface area contributed by atoms with E-state index in [9.17, 15) is 8.78 Å². The topological polar surface area (TPSA) is 9.23 Å². The van der Waals surface area contributed by atoms with Crippen LogP contribution in [0.2, 0.25) is 0 Å². The van der Waals surface area contributed by atoms with E-state index in [1.54, 1.807) is 24.3 Å². The molecule has 0 bridgehead atoms. The highest BCUT2D eigenvalue weighted by Crippen LogP contribution is 2.16. The van der Waals surface area contributed by atoms with Gasteiger partial charge in [0.15, 0.2) is 0 Å². The highest BCUT2D eigenvalue weighted by molar-refractivity contribution is 5.23. The summed E-state index contributed by atoms with van der Waals surface area (Å²) in [6, 6.07) is 12.7. The molecule has 16 heavy (non-hydrogen) atoms. The standard InChI is InChI=1S/C13H10F2O/c14-12-7-4-8-13(15)11(12)9-16-10-5-2-1-3-6-10/h1-8H,9H2. The maximum Gasteiger partial charge on any atom is 0.132 e. The normalized spacial score (nSPS) is 10.1. The highest BCUT2D eigenvalue weighted by Gasteiger charge is 2.08.